The molecule has 1 heterocycles. The zero-order valence-corrected chi connectivity index (χ0v) is 15.3. The van der Waals surface area contributed by atoms with Crippen LogP contribution in [0.4, 0.5) is 0 Å². The fourth-order valence-corrected chi connectivity index (χ4v) is 4.84. The number of rotatable bonds is 5. The molecule has 2 N–H and O–H groups in total. The van der Waals surface area contributed by atoms with Gasteiger partial charge in [-0.15, -0.1) is 11.3 Å². The molecule has 1 aromatic heterocycles. The van der Waals surface area contributed by atoms with Gasteiger partial charge in [0.05, 0.1) is 15.4 Å². The first-order valence-electron chi connectivity index (χ1n) is 8.21. The van der Waals surface area contributed by atoms with Crippen LogP contribution in [0.3, 0.4) is 0 Å². The number of aliphatic carboxylic acids is 1. The Balaban J connectivity index is 1.55. The number of aromatic nitrogens is 1. The van der Waals surface area contributed by atoms with Crippen molar-refractivity contribution in [2.75, 3.05) is 0 Å². The summed E-state index contributed by atoms with van der Waals surface area (Å²) in [5.41, 5.74) is 0.990. The molecule has 3 rings (SSSR count). The van der Waals surface area contributed by atoms with E-state index in [9.17, 15) is 9.59 Å². The van der Waals surface area contributed by atoms with Gasteiger partial charge in [-0.2, -0.15) is 0 Å². The third-order valence-corrected chi connectivity index (χ3v) is 6.70. The number of carboxylic acids is 1. The molecule has 2 fully saturated rings. The number of carbonyl (C=O) groups excluding carboxylic acids is 1. The molecule has 0 saturated heterocycles. The highest BCUT2D eigenvalue weighted by molar-refractivity contribution is 9.11. The van der Waals surface area contributed by atoms with Crippen molar-refractivity contribution in [1.82, 2.24) is 10.3 Å². The highest BCUT2D eigenvalue weighted by Gasteiger charge is 2.35. The molecule has 0 unspecified atom stereocenters. The SMILES string of the molecule is O=C(NC1CC(C(=O)O)C1)c1nc(CC2CCCCC2)c(Br)s1. The summed E-state index contributed by atoms with van der Waals surface area (Å²) in [6.07, 6.45) is 8.41. The maximum absolute atomic E-state index is 12.3. The first-order valence-corrected chi connectivity index (χ1v) is 9.82. The van der Waals surface area contributed by atoms with E-state index in [4.69, 9.17) is 5.11 Å². The van der Waals surface area contributed by atoms with E-state index in [1.54, 1.807) is 0 Å². The van der Waals surface area contributed by atoms with Gasteiger partial charge < -0.3 is 10.4 Å². The molecule has 0 aliphatic heterocycles. The predicted molar refractivity (Wildman–Crippen MR) is 91.7 cm³/mol. The summed E-state index contributed by atoms with van der Waals surface area (Å²) in [5.74, 6) is -0.590. The van der Waals surface area contributed by atoms with Crippen LogP contribution in [0.1, 0.15) is 60.4 Å². The molecule has 5 nitrogen and oxygen atoms in total. The zero-order chi connectivity index (χ0) is 16.4. The van der Waals surface area contributed by atoms with Gasteiger partial charge in [-0.1, -0.05) is 32.1 Å². The number of thiazole rings is 1. The Labute approximate surface area is 148 Å². The van der Waals surface area contributed by atoms with Gasteiger partial charge in [-0.25, -0.2) is 4.98 Å². The van der Waals surface area contributed by atoms with Gasteiger partial charge in [0.15, 0.2) is 5.01 Å². The van der Waals surface area contributed by atoms with Crippen LogP contribution >= 0.6 is 27.3 Å². The van der Waals surface area contributed by atoms with Crippen LogP contribution < -0.4 is 5.32 Å². The Bertz CT molecular complexity index is 592. The Kier molecular flexibility index (Phi) is 5.36. The minimum Gasteiger partial charge on any atom is -0.481 e. The highest BCUT2D eigenvalue weighted by atomic mass is 79.9. The van der Waals surface area contributed by atoms with E-state index in [0.717, 1.165) is 15.9 Å². The van der Waals surface area contributed by atoms with Crippen molar-refractivity contribution < 1.29 is 14.7 Å². The average molecular weight is 401 g/mol. The number of carboxylic acid groups (broad SMARTS) is 1. The minimum absolute atomic E-state index is 0.0342. The van der Waals surface area contributed by atoms with Crippen LogP contribution in [0.5, 0.6) is 0 Å². The molecule has 1 amide bonds. The largest absolute Gasteiger partial charge is 0.481 e. The third kappa shape index (κ3) is 4.12. The molecule has 1 aromatic rings. The molecule has 0 radical (unpaired) electrons. The van der Waals surface area contributed by atoms with E-state index in [0.29, 0.717) is 23.8 Å². The fourth-order valence-electron chi connectivity index (χ4n) is 3.41. The molecule has 0 spiro atoms. The van der Waals surface area contributed by atoms with Crippen molar-refractivity contribution in [3.8, 4) is 0 Å². The van der Waals surface area contributed by atoms with Crippen molar-refractivity contribution in [2.45, 2.75) is 57.4 Å². The lowest BCUT2D eigenvalue weighted by molar-refractivity contribution is -0.145. The smallest absolute Gasteiger partial charge is 0.306 e. The molecule has 0 aromatic carbocycles. The summed E-state index contributed by atoms with van der Waals surface area (Å²) < 4.78 is 0.949. The standard InChI is InChI=1S/C16H21BrN2O3S/c17-13-12(6-9-4-2-1-3-5-9)19-15(23-13)14(20)18-11-7-10(8-11)16(21)22/h9-11H,1-8H2,(H,18,20)(H,21,22). The summed E-state index contributed by atoms with van der Waals surface area (Å²) in [6, 6.07) is -0.0342. The minimum atomic E-state index is -0.776. The van der Waals surface area contributed by atoms with Crippen molar-refractivity contribution in [1.29, 1.82) is 0 Å². The maximum Gasteiger partial charge on any atom is 0.306 e. The quantitative estimate of drug-likeness (QED) is 0.790. The number of halogens is 1. The van der Waals surface area contributed by atoms with E-state index in [1.165, 1.54) is 43.4 Å². The second-order valence-electron chi connectivity index (χ2n) is 6.62. The molecule has 7 heteroatoms. The molecule has 126 valence electrons. The predicted octanol–water partition coefficient (Wildman–Crippen LogP) is 3.62. The number of hydrogen-bond acceptors (Lipinski definition) is 4. The van der Waals surface area contributed by atoms with Gasteiger partial charge in [0.25, 0.3) is 5.91 Å². The first kappa shape index (κ1) is 16.9. The highest BCUT2D eigenvalue weighted by Crippen LogP contribution is 2.32. The molecular formula is C16H21BrN2O3S. The summed E-state index contributed by atoms with van der Waals surface area (Å²) in [5, 5.41) is 12.2. The van der Waals surface area contributed by atoms with E-state index < -0.39 is 5.97 Å². The Hall–Kier alpha value is -0.950. The van der Waals surface area contributed by atoms with Gasteiger partial charge >= 0.3 is 5.97 Å². The Morgan fingerprint density at radius 2 is 1.96 bits per heavy atom. The maximum atomic E-state index is 12.3. The molecule has 0 atom stereocenters. The number of nitrogens with zero attached hydrogens (tertiary/aromatic N) is 1. The summed E-state index contributed by atoms with van der Waals surface area (Å²) in [4.78, 5) is 27.6. The average Bonchev–Trinajstić information content (AvgIpc) is 2.84. The number of nitrogens with one attached hydrogen (secondary N) is 1. The van der Waals surface area contributed by atoms with E-state index >= 15 is 0 Å². The van der Waals surface area contributed by atoms with Crippen molar-refractivity contribution in [3.05, 3.63) is 14.5 Å². The van der Waals surface area contributed by atoms with Crippen LogP contribution in [-0.2, 0) is 11.2 Å². The molecule has 2 aliphatic rings. The van der Waals surface area contributed by atoms with Crippen LogP contribution in [-0.4, -0.2) is 28.0 Å². The van der Waals surface area contributed by atoms with Crippen LogP contribution in [0.15, 0.2) is 3.79 Å². The topological polar surface area (TPSA) is 79.3 Å². The molecular weight excluding hydrogens is 380 g/mol. The first-order chi connectivity index (χ1) is 11.0. The molecule has 0 bridgehead atoms. The zero-order valence-electron chi connectivity index (χ0n) is 12.9. The van der Waals surface area contributed by atoms with E-state index in [-0.39, 0.29) is 17.9 Å². The van der Waals surface area contributed by atoms with Gasteiger partial charge in [-0.05, 0) is 41.1 Å². The van der Waals surface area contributed by atoms with Crippen LogP contribution in [0.2, 0.25) is 0 Å². The van der Waals surface area contributed by atoms with Gasteiger partial charge in [0.2, 0.25) is 0 Å². The Morgan fingerprint density at radius 3 is 2.61 bits per heavy atom. The Morgan fingerprint density at radius 1 is 1.26 bits per heavy atom. The molecule has 23 heavy (non-hydrogen) atoms. The second kappa shape index (κ2) is 7.30. The van der Waals surface area contributed by atoms with E-state index in [2.05, 4.69) is 26.2 Å². The third-order valence-electron chi connectivity index (χ3n) is 4.87. The van der Waals surface area contributed by atoms with E-state index in [1.807, 2.05) is 0 Å². The monoisotopic (exact) mass is 400 g/mol. The second-order valence-corrected chi connectivity index (χ2v) is 8.94. The molecule has 2 saturated carbocycles. The van der Waals surface area contributed by atoms with Crippen LogP contribution in [0.25, 0.3) is 0 Å². The normalized spacial score (nSPS) is 24.9. The summed E-state index contributed by atoms with van der Waals surface area (Å²) >= 11 is 4.91. The van der Waals surface area contributed by atoms with Crippen LogP contribution in [0, 0.1) is 11.8 Å². The molecule has 2 aliphatic carbocycles. The van der Waals surface area contributed by atoms with Gasteiger partial charge in [-0.3, -0.25) is 9.59 Å². The van der Waals surface area contributed by atoms with Gasteiger partial charge in [0, 0.05) is 6.04 Å². The van der Waals surface area contributed by atoms with Crippen molar-refractivity contribution in [3.63, 3.8) is 0 Å². The number of carbonyl (C=O) groups is 2. The summed E-state index contributed by atoms with van der Waals surface area (Å²) in [6.45, 7) is 0. The van der Waals surface area contributed by atoms with Crippen molar-refractivity contribution >= 4 is 39.1 Å². The lowest BCUT2D eigenvalue weighted by Gasteiger charge is -2.32. The van der Waals surface area contributed by atoms with Crippen molar-refractivity contribution in [2.24, 2.45) is 11.8 Å². The summed E-state index contributed by atoms with van der Waals surface area (Å²) in [7, 11) is 0. The fraction of sp³-hybridized carbons (Fsp3) is 0.688. The lowest BCUT2D eigenvalue weighted by atomic mass is 9.80. The number of hydrogen-bond donors (Lipinski definition) is 2. The lowest BCUT2D eigenvalue weighted by Crippen LogP contribution is -2.46. The van der Waals surface area contributed by atoms with Gasteiger partial charge in [0.1, 0.15) is 0 Å². The number of amides is 1.